The summed E-state index contributed by atoms with van der Waals surface area (Å²) in [5.74, 6) is -0.533. The highest BCUT2D eigenvalue weighted by molar-refractivity contribution is 6.03. The number of carbonyl (C=O) groups excluding carboxylic acids is 2. The molecule has 1 aliphatic rings. The van der Waals surface area contributed by atoms with E-state index in [4.69, 9.17) is 4.74 Å². The van der Waals surface area contributed by atoms with Gasteiger partial charge in [-0.25, -0.2) is 0 Å². The van der Waals surface area contributed by atoms with E-state index in [1.165, 1.54) is 14.0 Å². The van der Waals surface area contributed by atoms with Crippen LogP contribution in [-0.2, 0) is 19.1 Å². The lowest BCUT2D eigenvalue weighted by Crippen LogP contribution is -2.33. The van der Waals surface area contributed by atoms with Crippen LogP contribution in [0, 0.1) is 5.41 Å². The summed E-state index contributed by atoms with van der Waals surface area (Å²) in [6.07, 6.45) is 4.21. The number of methoxy groups -OCH3 is 1. The minimum atomic E-state index is -1.25. The van der Waals surface area contributed by atoms with Crippen molar-refractivity contribution >= 4 is 11.9 Å². The van der Waals surface area contributed by atoms with Crippen LogP contribution >= 0.6 is 0 Å². The Morgan fingerprint density at radius 2 is 2.27 bits per heavy atom. The van der Waals surface area contributed by atoms with Gasteiger partial charge in [0.05, 0.1) is 7.11 Å². The van der Waals surface area contributed by atoms with Gasteiger partial charge in [0.2, 0.25) is 0 Å². The fourth-order valence-electron chi connectivity index (χ4n) is 1.46. The molecular formula is C11H16O4. The van der Waals surface area contributed by atoms with Gasteiger partial charge in [-0.05, 0) is 19.4 Å². The van der Waals surface area contributed by atoms with Crippen molar-refractivity contribution in [2.75, 3.05) is 7.11 Å². The van der Waals surface area contributed by atoms with E-state index < -0.39 is 17.4 Å². The van der Waals surface area contributed by atoms with Crippen molar-refractivity contribution in [2.24, 2.45) is 5.41 Å². The van der Waals surface area contributed by atoms with Crippen LogP contribution < -0.4 is 0 Å². The Morgan fingerprint density at radius 1 is 1.60 bits per heavy atom. The van der Waals surface area contributed by atoms with E-state index in [-0.39, 0.29) is 0 Å². The molecule has 84 valence electrons. The minimum Gasteiger partial charge on any atom is -0.468 e. The third-order valence-electron chi connectivity index (χ3n) is 2.48. The smallest absolute Gasteiger partial charge is 0.332 e. The molecule has 0 bridgehead atoms. The number of esters is 2. The first-order valence-corrected chi connectivity index (χ1v) is 5.07. The zero-order valence-electron chi connectivity index (χ0n) is 9.33. The Morgan fingerprint density at radius 3 is 2.80 bits per heavy atom. The van der Waals surface area contributed by atoms with Crippen LogP contribution in [0.5, 0.6) is 0 Å². The van der Waals surface area contributed by atoms with Crippen molar-refractivity contribution in [3.05, 3.63) is 11.8 Å². The SMILES string of the molecule is CCCCC1=CC(C)(C(=O)OC)C(=O)O1. The monoisotopic (exact) mass is 212 g/mol. The molecule has 1 atom stereocenters. The summed E-state index contributed by atoms with van der Waals surface area (Å²) >= 11 is 0. The van der Waals surface area contributed by atoms with Gasteiger partial charge in [-0.1, -0.05) is 13.3 Å². The second kappa shape index (κ2) is 4.47. The summed E-state index contributed by atoms with van der Waals surface area (Å²) < 4.78 is 9.60. The molecule has 0 fully saturated rings. The zero-order valence-corrected chi connectivity index (χ0v) is 9.33. The highest BCUT2D eigenvalue weighted by Gasteiger charge is 2.47. The molecule has 1 heterocycles. The van der Waals surface area contributed by atoms with Crippen LogP contribution in [-0.4, -0.2) is 19.0 Å². The van der Waals surface area contributed by atoms with Crippen molar-refractivity contribution in [3.8, 4) is 0 Å². The molecule has 0 aliphatic carbocycles. The number of hydrogen-bond acceptors (Lipinski definition) is 4. The molecule has 0 radical (unpaired) electrons. The number of cyclic esters (lactones) is 1. The van der Waals surface area contributed by atoms with Gasteiger partial charge in [-0.15, -0.1) is 0 Å². The van der Waals surface area contributed by atoms with Crippen LogP contribution in [0.1, 0.15) is 33.1 Å². The predicted molar refractivity (Wildman–Crippen MR) is 53.8 cm³/mol. The van der Waals surface area contributed by atoms with Gasteiger partial charge in [0.1, 0.15) is 5.76 Å². The van der Waals surface area contributed by atoms with Gasteiger partial charge in [-0.3, -0.25) is 9.59 Å². The molecule has 0 saturated carbocycles. The second-order valence-corrected chi connectivity index (χ2v) is 3.80. The number of ether oxygens (including phenoxy) is 2. The summed E-state index contributed by atoms with van der Waals surface area (Å²) in [5.41, 5.74) is -1.25. The maximum atomic E-state index is 11.5. The van der Waals surface area contributed by atoms with E-state index in [1.807, 2.05) is 0 Å². The average Bonchev–Trinajstić information content (AvgIpc) is 2.52. The van der Waals surface area contributed by atoms with Crippen molar-refractivity contribution in [2.45, 2.75) is 33.1 Å². The molecule has 15 heavy (non-hydrogen) atoms. The van der Waals surface area contributed by atoms with Gasteiger partial charge >= 0.3 is 11.9 Å². The molecule has 0 saturated heterocycles. The second-order valence-electron chi connectivity index (χ2n) is 3.80. The van der Waals surface area contributed by atoms with Gasteiger partial charge < -0.3 is 9.47 Å². The molecule has 1 rings (SSSR count). The van der Waals surface area contributed by atoms with Crippen molar-refractivity contribution in [1.29, 1.82) is 0 Å². The van der Waals surface area contributed by atoms with Crippen LogP contribution in [0.2, 0.25) is 0 Å². The van der Waals surface area contributed by atoms with Gasteiger partial charge in [-0.2, -0.15) is 0 Å². The van der Waals surface area contributed by atoms with E-state index in [2.05, 4.69) is 11.7 Å². The summed E-state index contributed by atoms with van der Waals surface area (Å²) in [6, 6.07) is 0. The van der Waals surface area contributed by atoms with E-state index >= 15 is 0 Å². The molecule has 0 aromatic carbocycles. The summed E-state index contributed by atoms with van der Waals surface area (Å²) in [6.45, 7) is 3.57. The third-order valence-corrected chi connectivity index (χ3v) is 2.48. The number of allylic oxidation sites excluding steroid dienone is 1. The van der Waals surface area contributed by atoms with Crippen molar-refractivity contribution < 1.29 is 19.1 Å². The summed E-state index contributed by atoms with van der Waals surface area (Å²) in [7, 11) is 1.26. The Labute approximate surface area is 89.2 Å². The highest BCUT2D eigenvalue weighted by Crippen LogP contribution is 2.33. The number of carbonyl (C=O) groups is 2. The van der Waals surface area contributed by atoms with E-state index in [0.717, 1.165) is 12.8 Å². The van der Waals surface area contributed by atoms with E-state index in [9.17, 15) is 9.59 Å². The third kappa shape index (κ3) is 2.19. The van der Waals surface area contributed by atoms with Crippen LogP contribution in [0.4, 0.5) is 0 Å². The topological polar surface area (TPSA) is 52.6 Å². The predicted octanol–water partition coefficient (Wildman–Crippen LogP) is 1.80. The van der Waals surface area contributed by atoms with E-state index in [1.54, 1.807) is 6.08 Å². The number of rotatable bonds is 4. The molecule has 0 N–H and O–H groups in total. The van der Waals surface area contributed by atoms with Crippen molar-refractivity contribution in [1.82, 2.24) is 0 Å². The molecular weight excluding hydrogens is 196 g/mol. The van der Waals surface area contributed by atoms with E-state index in [0.29, 0.717) is 12.2 Å². The summed E-state index contributed by atoms with van der Waals surface area (Å²) in [5, 5.41) is 0. The largest absolute Gasteiger partial charge is 0.468 e. The normalized spacial score (nSPS) is 24.7. The first-order valence-electron chi connectivity index (χ1n) is 5.07. The molecule has 0 spiro atoms. The lowest BCUT2D eigenvalue weighted by atomic mass is 9.91. The lowest BCUT2D eigenvalue weighted by molar-refractivity contribution is -0.160. The Hall–Kier alpha value is -1.32. The Kier molecular flexibility index (Phi) is 3.50. The minimum absolute atomic E-state index is 0.541. The molecule has 1 unspecified atom stereocenters. The number of unbranched alkanes of at least 4 members (excludes halogenated alkanes) is 1. The van der Waals surface area contributed by atoms with Gasteiger partial charge in [0, 0.05) is 6.42 Å². The maximum absolute atomic E-state index is 11.5. The highest BCUT2D eigenvalue weighted by atomic mass is 16.6. The Balaban J connectivity index is 2.78. The fourth-order valence-corrected chi connectivity index (χ4v) is 1.46. The standard InChI is InChI=1S/C11H16O4/c1-4-5-6-8-7-11(2,9(12)14-3)10(13)15-8/h7H,4-6H2,1-3H3. The molecule has 4 nitrogen and oxygen atoms in total. The fraction of sp³-hybridized carbons (Fsp3) is 0.636. The molecule has 0 aromatic heterocycles. The van der Waals surface area contributed by atoms with Crippen LogP contribution in [0.15, 0.2) is 11.8 Å². The summed E-state index contributed by atoms with van der Waals surface area (Å²) in [4.78, 5) is 22.9. The molecule has 4 heteroatoms. The average molecular weight is 212 g/mol. The molecule has 0 aromatic rings. The molecule has 0 amide bonds. The Bertz CT molecular complexity index is 306. The first kappa shape index (κ1) is 11.8. The number of hydrogen-bond donors (Lipinski definition) is 0. The first-order chi connectivity index (χ1) is 7.04. The van der Waals surface area contributed by atoms with Crippen LogP contribution in [0.3, 0.4) is 0 Å². The van der Waals surface area contributed by atoms with Gasteiger partial charge in [0.25, 0.3) is 0 Å². The quantitative estimate of drug-likeness (QED) is 0.526. The van der Waals surface area contributed by atoms with Crippen LogP contribution in [0.25, 0.3) is 0 Å². The molecule has 1 aliphatic heterocycles. The van der Waals surface area contributed by atoms with Gasteiger partial charge in [0.15, 0.2) is 5.41 Å². The lowest BCUT2D eigenvalue weighted by Gasteiger charge is -2.13. The van der Waals surface area contributed by atoms with Crippen molar-refractivity contribution in [3.63, 3.8) is 0 Å². The maximum Gasteiger partial charge on any atom is 0.332 e. The zero-order chi connectivity index (χ0) is 11.5.